The Morgan fingerprint density at radius 1 is 0.566 bits per heavy atom. The lowest BCUT2D eigenvalue weighted by Gasteiger charge is -2.18. The van der Waals surface area contributed by atoms with Gasteiger partial charge in [-0.3, -0.25) is 58.6 Å². The van der Waals surface area contributed by atoms with Crippen LogP contribution in [0.3, 0.4) is 0 Å². The number of hydrogen-bond acceptors (Lipinski definition) is 22. The predicted molar refractivity (Wildman–Crippen MR) is 260 cm³/mol. The maximum absolute atomic E-state index is 12.8. The van der Waals surface area contributed by atoms with Crippen LogP contribution in [-0.4, -0.2) is 165 Å². The van der Waals surface area contributed by atoms with Crippen LogP contribution in [0.1, 0.15) is 46.4 Å². The Hall–Kier alpha value is -8.62. The average molecular weight is 1110 g/mol. The predicted octanol–water partition coefficient (Wildman–Crippen LogP) is -0.0858. The smallest absolute Gasteiger partial charge is 0.338 e. The van der Waals surface area contributed by atoms with Gasteiger partial charge in [0.1, 0.15) is 63.7 Å². The van der Waals surface area contributed by atoms with Gasteiger partial charge in [-0.1, -0.05) is 6.07 Å². The average Bonchev–Trinajstić information content (AvgIpc) is 3.38. The van der Waals surface area contributed by atoms with E-state index in [0.717, 1.165) is 41.7 Å². The Bertz CT molecular complexity index is 2490. The molecule has 0 bridgehead atoms. The molecular formula is C44H50N8O22S2. The highest BCUT2D eigenvalue weighted by atomic mass is 32.2. The highest BCUT2D eigenvalue weighted by Crippen LogP contribution is 2.34. The lowest BCUT2D eigenvalue weighted by Crippen LogP contribution is -2.49. The molecule has 0 spiro atoms. The number of amides is 4. The molecule has 0 fully saturated rings. The molecule has 0 heterocycles. The van der Waals surface area contributed by atoms with Crippen molar-refractivity contribution < 1.29 is 97.2 Å². The number of rotatable bonds is 34. The molecule has 30 nitrogen and oxygen atoms in total. The zero-order valence-corrected chi connectivity index (χ0v) is 41.2. The number of nitrogens with two attached hydrogens (primary N) is 2. The normalized spacial score (nSPS) is 12.2. The largest absolute Gasteiger partial charge is 0.483 e. The summed E-state index contributed by atoms with van der Waals surface area (Å²) in [4.78, 5) is 143. The van der Waals surface area contributed by atoms with E-state index in [1.165, 1.54) is 42.5 Å². The summed E-state index contributed by atoms with van der Waals surface area (Å²) in [5.41, 5.74) is 9.57. The summed E-state index contributed by atoms with van der Waals surface area (Å²) in [6, 6.07) is 7.15. The summed E-state index contributed by atoms with van der Waals surface area (Å²) in [6.07, 6.45) is -1.28. The summed E-state index contributed by atoms with van der Waals surface area (Å²) in [7, 11) is 0. The minimum Gasteiger partial charge on any atom is -0.483 e. The second-order valence-corrected chi connectivity index (χ2v) is 17.6. The number of carbonyl (C=O) groups excluding carboxylic acids is 6. The number of ether oxygens (including phenoxy) is 4. The first-order valence-corrected chi connectivity index (χ1v) is 24.0. The molecule has 0 aliphatic carbocycles. The van der Waals surface area contributed by atoms with Gasteiger partial charge in [-0.15, -0.1) is 23.5 Å². The molecule has 32 heteroatoms. The number of nitrogens with zero attached hydrogens (tertiary/aromatic N) is 2. The lowest BCUT2D eigenvalue weighted by atomic mass is 10.1. The fraction of sp³-hybridized carbons (Fsp3) is 0.364. The van der Waals surface area contributed by atoms with E-state index in [0.29, 0.717) is 0 Å². The maximum Gasteiger partial charge on any atom is 0.338 e. The van der Waals surface area contributed by atoms with Gasteiger partial charge < -0.3 is 72.1 Å². The molecule has 3 rings (SSSR count). The molecule has 4 unspecified atom stereocenters. The van der Waals surface area contributed by atoms with Gasteiger partial charge in [0.25, 0.3) is 0 Å². The van der Waals surface area contributed by atoms with Gasteiger partial charge in [-0.25, -0.2) is 9.59 Å². The molecule has 0 saturated carbocycles. The van der Waals surface area contributed by atoms with Gasteiger partial charge in [0.15, 0.2) is 11.5 Å². The van der Waals surface area contributed by atoms with Crippen molar-refractivity contribution in [3.05, 3.63) is 92.0 Å². The standard InChI is InChI=1S/C44H50N8O22S2/c45-27(41(61)62)6-10-35(53)49-29(39(59)47-19-37(55)56)21-75-25-4-8-33(31(17-25)51(67)68)71-12-14-73-43(65)23-2-1-3-24(16-23)44(66)74-15-13-72-34-9-5-26(18-32(34)52(69)70)76-22-30(40(60)48-20-38(57)58)50-36(54)11-7-28(46)42(63)64/h1-5,8-9,16-18,27-30H,6-7,10-15,19-22,45-46H2,(H,47,59)(H,48,60)(H,49,53)(H,50,54)(H,55,56)(H,57,58)(H,61,62)(H,63,64). The summed E-state index contributed by atoms with van der Waals surface area (Å²) >= 11 is 1.75. The first-order valence-electron chi connectivity index (χ1n) is 22.0. The summed E-state index contributed by atoms with van der Waals surface area (Å²) in [6.45, 7) is -3.17. The quantitative estimate of drug-likeness (QED) is 0.0123. The number of thioether (sulfide) groups is 2. The van der Waals surface area contributed by atoms with Gasteiger partial charge in [-0.2, -0.15) is 0 Å². The van der Waals surface area contributed by atoms with E-state index in [9.17, 15) is 68.2 Å². The van der Waals surface area contributed by atoms with Gasteiger partial charge >= 0.3 is 47.2 Å². The van der Waals surface area contributed by atoms with Crippen LogP contribution in [0.5, 0.6) is 11.5 Å². The molecule has 0 aliphatic rings. The Morgan fingerprint density at radius 3 is 1.29 bits per heavy atom. The molecule has 0 saturated heterocycles. The zero-order valence-electron chi connectivity index (χ0n) is 39.6. The van der Waals surface area contributed by atoms with Crippen LogP contribution < -0.4 is 42.2 Å². The van der Waals surface area contributed by atoms with Crippen LogP contribution in [0.25, 0.3) is 0 Å². The van der Waals surface area contributed by atoms with Crippen LogP contribution in [0.2, 0.25) is 0 Å². The van der Waals surface area contributed by atoms with Crippen LogP contribution in [0, 0.1) is 20.2 Å². The number of nitrogens with one attached hydrogen (secondary N) is 4. The molecule has 76 heavy (non-hydrogen) atoms. The number of aliphatic carboxylic acids is 4. The molecule has 0 aromatic heterocycles. The molecule has 410 valence electrons. The van der Waals surface area contributed by atoms with Gasteiger partial charge in [0, 0.05) is 46.3 Å². The second kappa shape index (κ2) is 31.2. The van der Waals surface area contributed by atoms with E-state index < -0.39 is 131 Å². The van der Waals surface area contributed by atoms with Crippen molar-refractivity contribution >= 4 is 94.3 Å². The van der Waals surface area contributed by atoms with E-state index in [-0.39, 0.29) is 82.8 Å². The number of nitro groups is 2. The number of carbonyl (C=O) groups is 10. The second-order valence-electron chi connectivity index (χ2n) is 15.4. The highest BCUT2D eigenvalue weighted by Gasteiger charge is 2.27. The molecule has 0 radical (unpaired) electrons. The van der Waals surface area contributed by atoms with Crippen molar-refractivity contribution in [3.8, 4) is 11.5 Å². The third kappa shape index (κ3) is 21.8. The Kier molecular flexibility index (Phi) is 25.3. The van der Waals surface area contributed by atoms with Crippen molar-refractivity contribution in [2.75, 3.05) is 51.0 Å². The van der Waals surface area contributed by atoms with E-state index >= 15 is 0 Å². The van der Waals surface area contributed by atoms with E-state index in [1.54, 1.807) is 0 Å². The minimum absolute atomic E-state index is 0.100. The van der Waals surface area contributed by atoms with Crippen molar-refractivity contribution in [1.29, 1.82) is 0 Å². The van der Waals surface area contributed by atoms with Crippen LogP contribution in [-0.2, 0) is 47.8 Å². The van der Waals surface area contributed by atoms with E-state index in [2.05, 4.69) is 21.3 Å². The number of carboxylic acids is 4. The molecule has 0 aliphatic heterocycles. The monoisotopic (exact) mass is 1110 g/mol. The molecule has 4 amide bonds. The van der Waals surface area contributed by atoms with Gasteiger partial charge in [-0.05, 0) is 55.3 Å². The first-order chi connectivity index (χ1) is 35.9. The van der Waals surface area contributed by atoms with Crippen LogP contribution >= 0.6 is 23.5 Å². The third-order valence-electron chi connectivity index (χ3n) is 9.70. The number of benzene rings is 3. The van der Waals surface area contributed by atoms with E-state index in [4.69, 9.17) is 50.8 Å². The first kappa shape index (κ1) is 61.7. The molecule has 4 atom stereocenters. The van der Waals surface area contributed by atoms with Crippen molar-refractivity contribution in [3.63, 3.8) is 0 Å². The molecule has 12 N–H and O–H groups in total. The third-order valence-corrected chi connectivity index (χ3v) is 11.9. The fourth-order valence-electron chi connectivity index (χ4n) is 5.87. The van der Waals surface area contributed by atoms with Gasteiger partial charge in [0.2, 0.25) is 23.6 Å². The molecule has 3 aromatic rings. The highest BCUT2D eigenvalue weighted by molar-refractivity contribution is 7.99. The number of carboxylic acid groups (broad SMARTS) is 4. The van der Waals surface area contributed by atoms with Crippen molar-refractivity contribution in [1.82, 2.24) is 21.3 Å². The Morgan fingerprint density at radius 2 is 0.947 bits per heavy atom. The minimum atomic E-state index is -1.37. The molecular weight excluding hydrogens is 1060 g/mol. The topological polar surface area (TPSA) is 475 Å². The van der Waals surface area contributed by atoms with E-state index in [1.807, 2.05) is 0 Å². The number of nitro benzene ring substituents is 2. The summed E-state index contributed by atoms with van der Waals surface area (Å²) in [5.74, 6) is -11.6. The van der Waals surface area contributed by atoms with Crippen LogP contribution in [0.4, 0.5) is 11.4 Å². The fourth-order valence-corrected chi connectivity index (χ4v) is 7.77. The maximum atomic E-state index is 12.8. The SMILES string of the molecule is NC(CCC(=O)NC(CSc1ccc(OCCOC(=O)c2cccc(C(=O)OCCOc3ccc(SCC(NC(=O)CCC(N)C(=O)O)C(=O)NCC(=O)O)cc3[N+](=O)[O-])c2)c([N+](=O)[O-])c1)C(=O)NCC(=O)O)C(=O)O. The Labute approximate surface area is 437 Å². The zero-order chi connectivity index (χ0) is 56.5. The Balaban J connectivity index is 1.53. The molecule has 3 aromatic carbocycles. The van der Waals surface area contributed by atoms with Crippen molar-refractivity contribution in [2.45, 2.75) is 59.6 Å². The number of hydrogen-bond donors (Lipinski definition) is 10. The summed E-state index contributed by atoms with van der Waals surface area (Å²) < 4.78 is 21.4. The lowest BCUT2D eigenvalue weighted by molar-refractivity contribution is -0.386. The van der Waals surface area contributed by atoms with Crippen LogP contribution in [0.15, 0.2) is 70.5 Å². The van der Waals surface area contributed by atoms with Crippen molar-refractivity contribution in [2.24, 2.45) is 11.5 Å². The van der Waals surface area contributed by atoms with Gasteiger partial charge in [0.05, 0.1) is 21.0 Å². The summed E-state index contributed by atoms with van der Waals surface area (Å²) in [5, 5.41) is 68.6. The number of esters is 2.